The smallest absolute Gasteiger partial charge is 0.0916 e. The summed E-state index contributed by atoms with van der Waals surface area (Å²) in [5.41, 5.74) is 0.165. The lowest BCUT2D eigenvalue weighted by Crippen LogP contribution is -2.45. The average molecular weight is 221 g/mol. The van der Waals surface area contributed by atoms with E-state index >= 15 is 0 Å². The van der Waals surface area contributed by atoms with E-state index in [1.807, 2.05) is 0 Å². The maximum Gasteiger partial charge on any atom is 0.0916 e. The van der Waals surface area contributed by atoms with Gasteiger partial charge in [0.2, 0.25) is 0 Å². The largest absolute Gasteiger partial charge is 0.371 e. The quantitative estimate of drug-likeness (QED) is 0.663. The van der Waals surface area contributed by atoms with Crippen LogP contribution in [-0.2, 0) is 4.74 Å². The predicted molar refractivity (Wildman–Crippen MR) is 60.5 cm³/mol. The van der Waals surface area contributed by atoms with Gasteiger partial charge >= 0.3 is 0 Å². The molecule has 88 valence electrons. The van der Waals surface area contributed by atoms with Crippen molar-refractivity contribution >= 4 is 0 Å². The summed E-state index contributed by atoms with van der Waals surface area (Å²) in [5, 5.41) is 8.73. The van der Waals surface area contributed by atoms with E-state index in [0.717, 1.165) is 22.9 Å². The number of nitriles is 1. The maximum atomic E-state index is 8.73. The first-order valence-corrected chi connectivity index (χ1v) is 6.45. The number of ether oxygens (including phenoxy) is 1. The molecule has 1 unspecified atom stereocenters. The lowest BCUT2D eigenvalue weighted by Gasteiger charge is -2.32. The van der Waals surface area contributed by atoms with Crippen LogP contribution in [0.5, 0.6) is 0 Å². The van der Waals surface area contributed by atoms with E-state index in [9.17, 15) is 0 Å². The Kier molecular flexibility index (Phi) is 2.12. The number of hydrogen-bond donors (Lipinski definition) is 0. The van der Waals surface area contributed by atoms with Gasteiger partial charge < -0.3 is 9.22 Å². The minimum atomic E-state index is 0.165. The molecule has 3 heterocycles. The molecule has 3 nitrogen and oxygen atoms in total. The fourth-order valence-corrected chi connectivity index (χ4v) is 4.31. The Bertz CT molecular complexity index is 350. The van der Waals surface area contributed by atoms with Crippen molar-refractivity contribution in [1.82, 2.24) is 0 Å². The Morgan fingerprint density at radius 2 is 2.31 bits per heavy atom. The molecule has 0 N–H and O–H groups in total. The molecule has 3 rings (SSSR count). The Hall–Kier alpha value is -0.590. The highest BCUT2D eigenvalue weighted by molar-refractivity contribution is 5.06. The summed E-state index contributed by atoms with van der Waals surface area (Å²) in [6, 6.07) is 2.29. The predicted octanol–water partition coefficient (Wildman–Crippen LogP) is 1.54. The van der Waals surface area contributed by atoms with Crippen molar-refractivity contribution in [3.63, 3.8) is 0 Å². The Morgan fingerprint density at radius 1 is 1.50 bits per heavy atom. The molecule has 0 spiro atoms. The lowest BCUT2D eigenvalue weighted by molar-refractivity contribution is -0.900. The number of quaternary nitrogens is 1. The van der Waals surface area contributed by atoms with E-state index in [0.29, 0.717) is 12.5 Å². The second-order valence-corrected chi connectivity index (χ2v) is 6.39. The molecule has 3 saturated heterocycles. The van der Waals surface area contributed by atoms with Crippen LogP contribution >= 0.6 is 0 Å². The van der Waals surface area contributed by atoms with Crippen molar-refractivity contribution in [3.8, 4) is 6.07 Å². The van der Waals surface area contributed by atoms with Crippen molar-refractivity contribution in [2.24, 2.45) is 11.8 Å². The minimum absolute atomic E-state index is 0.165. The first kappa shape index (κ1) is 10.6. The molecule has 3 aliphatic heterocycles. The highest BCUT2D eigenvalue weighted by Crippen LogP contribution is 2.55. The van der Waals surface area contributed by atoms with Gasteiger partial charge in [-0.3, -0.25) is 0 Å². The van der Waals surface area contributed by atoms with Crippen molar-refractivity contribution in [2.45, 2.75) is 37.9 Å². The third-order valence-electron chi connectivity index (χ3n) is 5.18. The number of nitrogens with zero attached hydrogens (tertiary/aromatic N) is 2. The zero-order valence-corrected chi connectivity index (χ0v) is 10.3. The Labute approximate surface area is 97.6 Å². The second kappa shape index (κ2) is 3.21. The number of rotatable bonds is 2. The van der Waals surface area contributed by atoms with Crippen molar-refractivity contribution in [1.29, 1.82) is 5.26 Å². The van der Waals surface area contributed by atoms with Gasteiger partial charge in [0.25, 0.3) is 0 Å². The van der Waals surface area contributed by atoms with Crippen LogP contribution in [-0.4, -0.2) is 42.9 Å². The summed E-state index contributed by atoms with van der Waals surface area (Å²) in [4.78, 5) is 0. The third kappa shape index (κ3) is 1.33. The average Bonchev–Trinajstić information content (AvgIpc) is 2.84. The molecule has 0 aromatic rings. The van der Waals surface area contributed by atoms with Crippen LogP contribution in [0.15, 0.2) is 0 Å². The van der Waals surface area contributed by atoms with Crippen LogP contribution in [0, 0.1) is 23.2 Å². The van der Waals surface area contributed by atoms with Crippen LogP contribution in [0.1, 0.15) is 26.2 Å². The van der Waals surface area contributed by atoms with Gasteiger partial charge in [0.05, 0.1) is 50.9 Å². The van der Waals surface area contributed by atoms with Gasteiger partial charge in [-0.15, -0.1) is 0 Å². The molecule has 5 atom stereocenters. The molecule has 0 aliphatic carbocycles. The molecule has 2 bridgehead atoms. The SMILES string of the molecule is C[C@@]12CC[C@@H](O1)[C@H]1C[N+](C)(CCC#N)C[C@@H]12. The van der Waals surface area contributed by atoms with Gasteiger partial charge in [0.15, 0.2) is 0 Å². The van der Waals surface area contributed by atoms with E-state index in [2.05, 4.69) is 20.0 Å². The molecule has 3 aliphatic rings. The lowest BCUT2D eigenvalue weighted by atomic mass is 9.75. The fourth-order valence-electron chi connectivity index (χ4n) is 4.31. The van der Waals surface area contributed by atoms with Crippen LogP contribution < -0.4 is 0 Å². The highest BCUT2D eigenvalue weighted by atomic mass is 16.5. The van der Waals surface area contributed by atoms with E-state index in [1.54, 1.807) is 0 Å². The third-order valence-corrected chi connectivity index (χ3v) is 5.18. The fraction of sp³-hybridized carbons (Fsp3) is 0.923. The molecule has 0 radical (unpaired) electrons. The molecule has 16 heavy (non-hydrogen) atoms. The summed E-state index contributed by atoms with van der Waals surface area (Å²) < 4.78 is 7.25. The molecule has 3 fully saturated rings. The minimum Gasteiger partial charge on any atom is -0.371 e. The summed E-state index contributed by atoms with van der Waals surface area (Å²) >= 11 is 0. The zero-order chi connectivity index (χ0) is 11.4. The molecule has 0 aromatic carbocycles. The topological polar surface area (TPSA) is 33.0 Å². The molecular formula is C13H21N2O+. The number of hydrogen-bond acceptors (Lipinski definition) is 2. The molecular weight excluding hydrogens is 200 g/mol. The van der Waals surface area contributed by atoms with Gasteiger partial charge in [-0.2, -0.15) is 5.26 Å². The number of fused-ring (bicyclic) bond motifs is 5. The van der Waals surface area contributed by atoms with Crippen LogP contribution in [0.3, 0.4) is 0 Å². The van der Waals surface area contributed by atoms with Crippen molar-refractivity contribution in [2.75, 3.05) is 26.7 Å². The van der Waals surface area contributed by atoms with Crippen LogP contribution in [0.25, 0.3) is 0 Å². The standard InChI is InChI=1S/C13H21N2O/c1-13-5-4-12(16-13)10-8-15(2,7-3-6-14)9-11(10)13/h10-12H,3-5,7-9H2,1-2H3/q+1/t10-,11-,12+,13-,15?/m0/s1. The van der Waals surface area contributed by atoms with Gasteiger partial charge in [-0.1, -0.05) is 0 Å². The normalized spacial score (nSPS) is 53.9. The molecule has 0 aromatic heterocycles. The summed E-state index contributed by atoms with van der Waals surface area (Å²) in [6.07, 6.45) is 3.72. The molecule has 3 heteroatoms. The maximum absolute atomic E-state index is 8.73. The summed E-state index contributed by atoms with van der Waals surface area (Å²) in [6.45, 7) is 5.77. The number of likely N-dealkylation sites (tertiary alicyclic amines) is 1. The first-order chi connectivity index (χ1) is 7.56. The summed E-state index contributed by atoms with van der Waals surface area (Å²) in [5.74, 6) is 1.51. The molecule has 0 amide bonds. The van der Waals surface area contributed by atoms with E-state index in [4.69, 9.17) is 10.00 Å². The van der Waals surface area contributed by atoms with E-state index in [1.165, 1.54) is 25.9 Å². The first-order valence-electron chi connectivity index (χ1n) is 6.45. The molecule has 0 saturated carbocycles. The van der Waals surface area contributed by atoms with Gasteiger partial charge in [-0.25, -0.2) is 0 Å². The van der Waals surface area contributed by atoms with Crippen LogP contribution in [0.2, 0.25) is 0 Å². The van der Waals surface area contributed by atoms with E-state index in [-0.39, 0.29) is 5.60 Å². The van der Waals surface area contributed by atoms with Gasteiger partial charge in [0.1, 0.15) is 0 Å². The van der Waals surface area contributed by atoms with E-state index < -0.39 is 0 Å². The van der Waals surface area contributed by atoms with Crippen molar-refractivity contribution in [3.05, 3.63) is 0 Å². The Balaban J connectivity index is 1.77. The van der Waals surface area contributed by atoms with Gasteiger partial charge in [0, 0.05) is 11.8 Å². The Morgan fingerprint density at radius 3 is 3.00 bits per heavy atom. The van der Waals surface area contributed by atoms with Crippen molar-refractivity contribution < 1.29 is 9.22 Å². The second-order valence-electron chi connectivity index (χ2n) is 6.39. The van der Waals surface area contributed by atoms with Crippen LogP contribution in [0.4, 0.5) is 0 Å². The monoisotopic (exact) mass is 221 g/mol. The van der Waals surface area contributed by atoms with Gasteiger partial charge in [-0.05, 0) is 19.8 Å². The highest BCUT2D eigenvalue weighted by Gasteiger charge is 2.63. The zero-order valence-electron chi connectivity index (χ0n) is 10.3. The summed E-state index contributed by atoms with van der Waals surface area (Å²) in [7, 11) is 2.32.